The molecule has 8 heteroatoms. The number of aromatic nitrogens is 1. The molecule has 0 bridgehead atoms. The maximum atomic E-state index is 13.8. The molecule has 2 aromatic heterocycles. The number of hydrogen-bond acceptors (Lipinski definition) is 5. The summed E-state index contributed by atoms with van der Waals surface area (Å²) in [7, 11) is 0. The van der Waals surface area contributed by atoms with E-state index in [2.05, 4.69) is 15.2 Å². The normalized spacial score (nSPS) is 17.6. The van der Waals surface area contributed by atoms with Gasteiger partial charge in [-0.05, 0) is 37.6 Å². The molecule has 1 fully saturated rings. The number of hydrogen-bond donors (Lipinski definition) is 1. The number of carbonyl (C=O) groups is 1. The first kappa shape index (κ1) is 21.2. The number of fused-ring (bicyclic) bond motifs is 1. The van der Waals surface area contributed by atoms with Gasteiger partial charge in [0.2, 0.25) is 0 Å². The third-order valence-corrected chi connectivity index (χ3v) is 6.43. The van der Waals surface area contributed by atoms with E-state index >= 15 is 0 Å². The first-order valence-corrected chi connectivity index (χ1v) is 11.1. The molecule has 1 aliphatic rings. The van der Waals surface area contributed by atoms with Crippen LogP contribution < -0.4 is 5.32 Å². The minimum absolute atomic E-state index is 0.0343. The van der Waals surface area contributed by atoms with Crippen molar-refractivity contribution in [3.05, 3.63) is 63.4 Å². The molecule has 5 nitrogen and oxygen atoms in total. The van der Waals surface area contributed by atoms with Crippen LogP contribution in [-0.2, 0) is 11.3 Å². The highest BCUT2D eigenvalue weighted by atomic mass is 35.5. The lowest BCUT2D eigenvalue weighted by atomic mass is 10.0. The largest absolute Gasteiger partial charge is 0.371 e. The van der Waals surface area contributed by atoms with E-state index in [9.17, 15) is 9.18 Å². The van der Waals surface area contributed by atoms with Gasteiger partial charge in [-0.15, -0.1) is 11.3 Å². The third kappa shape index (κ3) is 4.49. The van der Waals surface area contributed by atoms with Crippen molar-refractivity contribution in [1.82, 2.24) is 15.2 Å². The maximum Gasteiger partial charge on any atom is 0.262 e. The molecule has 0 aliphatic carbocycles. The number of thiophene rings is 1. The number of morpholine rings is 1. The monoisotopic (exact) mass is 447 g/mol. The van der Waals surface area contributed by atoms with Gasteiger partial charge in [0.1, 0.15) is 15.5 Å². The summed E-state index contributed by atoms with van der Waals surface area (Å²) in [5.74, 6) is -0.523. The van der Waals surface area contributed by atoms with Crippen LogP contribution in [0.25, 0.3) is 10.2 Å². The van der Waals surface area contributed by atoms with Gasteiger partial charge in [0.25, 0.3) is 5.91 Å². The quantitative estimate of drug-likeness (QED) is 0.610. The molecule has 158 valence electrons. The second kappa shape index (κ2) is 8.98. The number of pyridine rings is 1. The fourth-order valence-corrected chi connectivity index (χ4v) is 4.90. The highest BCUT2D eigenvalue weighted by Gasteiger charge is 2.30. The van der Waals surface area contributed by atoms with Gasteiger partial charge in [0.15, 0.2) is 0 Å². The number of amides is 1. The predicted molar refractivity (Wildman–Crippen MR) is 118 cm³/mol. The van der Waals surface area contributed by atoms with Crippen LogP contribution in [0.3, 0.4) is 0 Å². The van der Waals surface area contributed by atoms with Crippen LogP contribution in [0.15, 0.2) is 36.5 Å². The molecular formula is C22H23ClFN3O2S. The Labute approximate surface area is 183 Å². The number of nitrogens with zero attached hydrogens (tertiary/aromatic N) is 2. The van der Waals surface area contributed by atoms with E-state index in [-0.39, 0.29) is 23.1 Å². The zero-order valence-corrected chi connectivity index (χ0v) is 18.4. The molecular weight excluding hydrogens is 425 g/mol. The third-order valence-electron chi connectivity index (χ3n) is 4.99. The Morgan fingerprint density at radius 2 is 2.27 bits per heavy atom. The van der Waals surface area contributed by atoms with Crippen LogP contribution in [0.2, 0.25) is 5.02 Å². The van der Waals surface area contributed by atoms with Gasteiger partial charge in [-0.2, -0.15) is 0 Å². The van der Waals surface area contributed by atoms with E-state index in [1.54, 1.807) is 12.3 Å². The van der Waals surface area contributed by atoms with Crippen molar-refractivity contribution in [2.24, 2.45) is 0 Å². The first-order chi connectivity index (χ1) is 14.4. The molecule has 30 heavy (non-hydrogen) atoms. The van der Waals surface area contributed by atoms with E-state index in [4.69, 9.17) is 16.3 Å². The molecule has 1 atom stereocenters. The molecule has 1 aliphatic heterocycles. The van der Waals surface area contributed by atoms with Gasteiger partial charge in [-0.3, -0.25) is 9.69 Å². The number of ether oxygens (including phenoxy) is 1. The summed E-state index contributed by atoms with van der Waals surface area (Å²) in [5.41, 5.74) is 1.74. The van der Waals surface area contributed by atoms with Gasteiger partial charge < -0.3 is 10.1 Å². The van der Waals surface area contributed by atoms with Crippen molar-refractivity contribution in [3.8, 4) is 0 Å². The highest BCUT2D eigenvalue weighted by molar-refractivity contribution is 7.20. The molecule has 1 amide bonds. The SMILES string of the molecule is CC(C)NC(=O)c1sc2ncccc2c1[C@H]1CN(Cc2ccc(Cl)c(F)c2)CCO1. The second-order valence-corrected chi connectivity index (χ2v) is 9.08. The smallest absolute Gasteiger partial charge is 0.262 e. The summed E-state index contributed by atoms with van der Waals surface area (Å²) >= 11 is 7.19. The first-order valence-electron chi connectivity index (χ1n) is 9.88. The fraction of sp³-hybridized carbons (Fsp3) is 0.364. The van der Waals surface area contributed by atoms with Crippen molar-refractivity contribution >= 4 is 39.1 Å². The van der Waals surface area contributed by atoms with Crippen LogP contribution in [-0.4, -0.2) is 41.5 Å². The Hall–Kier alpha value is -2.06. The second-order valence-electron chi connectivity index (χ2n) is 7.67. The lowest BCUT2D eigenvalue weighted by molar-refractivity contribution is -0.0323. The molecule has 1 aromatic carbocycles. The number of nitrogens with one attached hydrogen (secondary N) is 1. The zero-order valence-electron chi connectivity index (χ0n) is 16.8. The van der Waals surface area contributed by atoms with Crippen molar-refractivity contribution in [2.45, 2.75) is 32.5 Å². The lowest BCUT2D eigenvalue weighted by Crippen LogP contribution is -2.38. The molecule has 0 saturated carbocycles. The molecule has 0 spiro atoms. The van der Waals surface area contributed by atoms with E-state index in [0.717, 1.165) is 27.9 Å². The fourth-order valence-electron chi connectivity index (χ4n) is 3.68. The Morgan fingerprint density at radius 3 is 3.03 bits per heavy atom. The van der Waals surface area contributed by atoms with Crippen LogP contribution in [0, 0.1) is 5.82 Å². The number of rotatable bonds is 5. The van der Waals surface area contributed by atoms with Crippen LogP contribution >= 0.6 is 22.9 Å². The van der Waals surface area contributed by atoms with E-state index in [1.165, 1.54) is 17.4 Å². The lowest BCUT2D eigenvalue weighted by Gasteiger charge is -2.33. The van der Waals surface area contributed by atoms with Crippen molar-refractivity contribution in [1.29, 1.82) is 0 Å². The summed E-state index contributed by atoms with van der Waals surface area (Å²) in [6.45, 7) is 6.33. The summed E-state index contributed by atoms with van der Waals surface area (Å²) in [4.78, 5) is 21.0. The van der Waals surface area contributed by atoms with Crippen molar-refractivity contribution < 1.29 is 13.9 Å². The van der Waals surface area contributed by atoms with Gasteiger partial charge >= 0.3 is 0 Å². The van der Waals surface area contributed by atoms with Crippen molar-refractivity contribution in [2.75, 3.05) is 19.7 Å². The predicted octanol–water partition coefficient (Wildman–Crippen LogP) is 4.80. The molecule has 4 rings (SSSR count). The van der Waals surface area contributed by atoms with Gasteiger partial charge in [0, 0.05) is 42.8 Å². The van der Waals surface area contributed by atoms with E-state index in [0.29, 0.717) is 24.6 Å². The summed E-state index contributed by atoms with van der Waals surface area (Å²) < 4.78 is 19.9. The van der Waals surface area contributed by atoms with Crippen LogP contribution in [0.4, 0.5) is 4.39 Å². The molecule has 1 N–H and O–H groups in total. The Bertz CT molecular complexity index is 1070. The molecule has 1 saturated heterocycles. The Kier molecular flexibility index (Phi) is 6.34. The zero-order chi connectivity index (χ0) is 21.3. The van der Waals surface area contributed by atoms with E-state index < -0.39 is 5.82 Å². The van der Waals surface area contributed by atoms with Crippen molar-refractivity contribution in [3.63, 3.8) is 0 Å². The van der Waals surface area contributed by atoms with Gasteiger partial charge in [-0.1, -0.05) is 23.7 Å². The molecule has 3 heterocycles. The summed E-state index contributed by atoms with van der Waals surface area (Å²) in [5, 5.41) is 4.05. The van der Waals surface area contributed by atoms with Crippen LogP contribution in [0.1, 0.15) is 40.8 Å². The minimum Gasteiger partial charge on any atom is -0.371 e. The number of halogens is 2. The Balaban J connectivity index is 1.62. The van der Waals surface area contributed by atoms with Crippen LogP contribution in [0.5, 0.6) is 0 Å². The van der Waals surface area contributed by atoms with Gasteiger partial charge in [0.05, 0.1) is 17.7 Å². The van der Waals surface area contributed by atoms with E-state index in [1.807, 2.05) is 32.0 Å². The summed E-state index contributed by atoms with van der Waals surface area (Å²) in [6, 6.07) is 8.78. The van der Waals surface area contributed by atoms with Gasteiger partial charge in [-0.25, -0.2) is 9.37 Å². The topological polar surface area (TPSA) is 54.5 Å². The number of carbonyl (C=O) groups excluding carboxylic acids is 1. The average molecular weight is 448 g/mol. The minimum atomic E-state index is -0.415. The standard InChI is InChI=1S/C22H23ClFN3O2S/c1-13(2)26-21(28)20-19(15-4-3-7-25-22(15)30-20)18-12-27(8-9-29-18)11-14-5-6-16(23)17(24)10-14/h3-7,10,13,18H,8-9,11-12H2,1-2H3,(H,26,28)/t18-/m1/s1. The highest BCUT2D eigenvalue weighted by Crippen LogP contribution is 2.37. The maximum absolute atomic E-state index is 13.8. The summed E-state index contributed by atoms with van der Waals surface area (Å²) in [6.07, 6.45) is 1.47. The molecule has 3 aromatic rings. The molecule has 0 unspecified atom stereocenters. The average Bonchev–Trinajstić information content (AvgIpc) is 3.10. The Morgan fingerprint density at radius 1 is 1.43 bits per heavy atom. The number of benzene rings is 1. The molecule has 0 radical (unpaired) electrons.